The summed E-state index contributed by atoms with van der Waals surface area (Å²) in [5.41, 5.74) is 1.44. The zero-order valence-electron chi connectivity index (χ0n) is 21.5. The molecule has 1 aromatic carbocycles. The molecule has 0 spiro atoms. The van der Waals surface area contributed by atoms with Crippen molar-refractivity contribution >= 4 is 23.0 Å². The van der Waals surface area contributed by atoms with Crippen LogP contribution in [-0.4, -0.2) is 77.6 Å². The van der Waals surface area contributed by atoms with Gasteiger partial charge in [0.15, 0.2) is 5.76 Å². The highest BCUT2D eigenvalue weighted by atomic mass is 32.1. The van der Waals surface area contributed by atoms with Crippen molar-refractivity contribution < 1.29 is 24.2 Å². The second kappa shape index (κ2) is 11.5. The van der Waals surface area contributed by atoms with Crippen LogP contribution in [0.25, 0.3) is 0 Å². The molecule has 2 aromatic rings. The summed E-state index contributed by atoms with van der Waals surface area (Å²) in [5, 5.41) is 11.8. The zero-order chi connectivity index (χ0) is 25.8. The summed E-state index contributed by atoms with van der Waals surface area (Å²) < 4.78 is 11.4. The number of ketones is 1. The Labute approximate surface area is 216 Å². The van der Waals surface area contributed by atoms with E-state index in [1.165, 1.54) is 11.3 Å². The molecule has 3 heterocycles. The highest BCUT2D eigenvalue weighted by molar-refractivity contribution is 7.14. The topological polar surface area (TPSA) is 92.2 Å². The van der Waals surface area contributed by atoms with Gasteiger partial charge < -0.3 is 19.5 Å². The van der Waals surface area contributed by atoms with Crippen molar-refractivity contribution in [3.8, 4) is 5.75 Å². The lowest BCUT2D eigenvalue weighted by Gasteiger charge is -2.31. The van der Waals surface area contributed by atoms with Crippen LogP contribution in [0.3, 0.4) is 0 Å². The van der Waals surface area contributed by atoms with Crippen LogP contribution in [0.15, 0.2) is 35.6 Å². The Morgan fingerprint density at radius 3 is 2.67 bits per heavy atom. The van der Waals surface area contributed by atoms with Crippen LogP contribution in [0.1, 0.15) is 52.2 Å². The molecule has 1 saturated heterocycles. The number of carbonyl (C=O) groups excluding carboxylic acids is 2. The zero-order valence-corrected chi connectivity index (χ0v) is 22.3. The van der Waals surface area contributed by atoms with Gasteiger partial charge in [-0.05, 0) is 43.9 Å². The molecule has 1 unspecified atom stereocenters. The lowest BCUT2D eigenvalue weighted by molar-refractivity contribution is -0.129. The third-order valence-corrected chi connectivity index (χ3v) is 7.63. The smallest absolute Gasteiger partial charge is 0.290 e. The third-order valence-electron chi connectivity index (χ3n) is 6.56. The number of aromatic nitrogens is 1. The molecular weight excluding hydrogens is 478 g/mol. The Balaban J connectivity index is 1.66. The number of rotatable bonds is 10. The minimum atomic E-state index is -0.707. The van der Waals surface area contributed by atoms with E-state index >= 15 is 0 Å². The van der Waals surface area contributed by atoms with E-state index in [4.69, 9.17) is 9.47 Å². The normalized spacial score (nSPS) is 19.0. The summed E-state index contributed by atoms with van der Waals surface area (Å²) >= 11 is 1.28. The number of Topliss-reactive ketones (excluding diaryl/α,β-unsaturated/α-hetero) is 1. The number of hydrogen-bond acceptors (Lipinski definition) is 8. The van der Waals surface area contributed by atoms with Gasteiger partial charge in [-0.2, -0.15) is 0 Å². The lowest BCUT2D eigenvalue weighted by Crippen LogP contribution is -2.43. The number of nitrogens with zero attached hydrogens (tertiary/aromatic N) is 3. The molecule has 4 rings (SSSR count). The highest BCUT2D eigenvalue weighted by Gasteiger charge is 2.44. The molecule has 0 saturated carbocycles. The predicted octanol–water partition coefficient (Wildman–Crippen LogP) is 4.10. The van der Waals surface area contributed by atoms with E-state index in [9.17, 15) is 14.7 Å². The Morgan fingerprint density at radius 1 is 1.25 bits per heavy atom. The first-order chi connectivity index (χ1) is 17.3. The molecule has 0 bridgehead atoms. The molecule has 0 aliphatic carbocycles. The van der Waals surface area contributed by atoms with Gasteiger partial charge in [0.25, 0.3) is 5.91 Å². The molecule has 1 fully saturated rings. The van der Waals surface area contributed by atoms with E-state index in [1.54, 1.807) is 11.8 Å². The summed E-state index contributed by atoms with van der Waals surface area (Å²) in [6, 6.07) is 6.79. The Hall–Kier alpha value is -2.75. The van der Waals surface area contributed by atoms with Crippen molar-refractivity contribution in [3.63, 3.8) is 0 Å². The van der Waals surface area contributed by atoms with E-state index in [1.807, 2.05) is 31.2 Å². The molecule has 0 radical (unpaired) electrons. The number of thiazole rings is 1. The van der Waals surface area contributed by atoms with Gasteiger partial charge in [-0.15, -0.1) is 11.3 Å². The molecule has 2 aliphatic heterocycles. The van der Waals surface area contributed by atoms with Gasteiger partial charge in [0.2, 0.25) is 5.78 Å². The maximum absolute atomic E-state index is 13.7. The summed E-state index contributed by atoms with van der Waals surface area (Å²) in [4.78, 5) is 35.7. The highest BCUT2D eigenvalue weighted by Crippen LogP contribution is 2.40. The van der Waals surface area contributed by atoms with E-state index in [-0.39, 0.29) is 11.4 Å². The summed E-state index contributed by atoms with van der Waals surface area (Å²) in [7, 11) is 0. The maximum Gasteiger partial charge on any atom is 0.290 e. The van der Waals surface area contributed by atoms with Gasteiger partial charge in [0.05, 0.1) is 47.0 Å². The minimum Gasteiger partial charge on any atom is -0.503 e. The average molecular weight is 514 g/mol. The van der Waals surface area contributed by atoms with E-state index in [0.717, 1.165) is 30.1 Å². The van der Waals surface area contributed by atoms with Crippen molar-refractivity contribution in [2.75, 3.05) is 46.0 Å². The number of hydrogen-bond donors (Lipinski definition) is 1. The lowest BCUT2D eigenvalue weighted by atomic mass is 9.95. The molecule has 194 valence electrons. The average Bonchev–Trinajstić information content (AvgIpc) is 3.33. The van der Waals surface area contributed by atoms with Crippen LogP contribution in [0.2, 0.25) is 0 Å². The van der Waals surface area contributed by atoms with Crippen molar-refractivity contribution in [2.45, 2.75) is 40.2 Å². The van der Waals surface area contributed by atoms with Crippen LogP contribution < -0.4 is 4.74 Å². The molecule has 1 atom stereocenters. The fourth-order valence-corrected chi connectivity index (χ4v) is 5.46. The van der Waals surface area contributed by atoms with Gasteiger partial charge in [0, 0.05) is 26.2 Å². The Morgan fingerprint density at radius 2 is 2.00 bits per heavy atom. The van der Waals surface area contributed by atoms with Crippen molar-refractivity contribution in [3.05, 3.63) is 56.7 Å². The first-order valence-electron chi connectivity index (χ1n) is 12.5. The quantitative estimate of drug-likeness (QED) is 0.478. The number of aryl methyl sites for hydroxylation is 2. The maximum atomic E-state index is 13.7. The summed E-state index contributed by atoms with van der Waals surface area (Å²) in [6.45, 7) is 12.4. The van der Waals surface area contributed by atoms with Crippen molar-refractivity contribution in [1.29, 1.82) is 0 Å². The molecule has 9 heteroatoms. The molecule has 1 amide bonds. The third kappa shape index (κ3) is 5.79. The Kier molecular flexibility index (Phi) is 8.43. The largest absolute Gasteiger partial charge is 0.503 e. The molecule has 1 aromatic heterocycles. The van der Waals surface area contributed by atoms with Crippen LogP contribution in [0.4, 0.5) is 0 Å². The fourth-order valence-electron chi connectivity index (χ4n) is 4.59. The number of amides is 1. The number of morpholine rings is 1. The van der Waals surface area contributed by atoms with Gasteiger partial charge in [-0.25, -0.2) is 4.98 Å². The monoisotopic (exact) mass is 513 g/mol. The first kappa shape index (κ1) is 26.3. The van der Waals surface area contributed by atoms with Crippen LogP contribution in [0.5, 0.6) is 5.75 Å². The second-order valence-corrected chi connectivity index (χ2v) is 10.9. The Bertz CT molecular complexity index is 1140. The number of benzene rings is 1. The number of aliphatic hydroxyl groups is 1. The van der Waals surface area contributed by atoms with Crippen LogP contribution in [0, 0.1) is 19.8 Å². The molecule has 2 aliphatic rings. The van der Waals surface area contributed by atoms with Gasteiger partial charge >= 0.3 is 0 Å². The number of carbonyl (C=O) groups is 2. The first-order valence-corrected chi connectivity index (χ1v) is 13.3. The summed E-state index contributed by atoms with van der Waals surface area (Å²) in [6.07, 6.45) is 0.923. The van der Waals surface area contributed by atoms with Gasteiger partial charge in [0.1, 0.15) is 5.75 Å². The van der Waals surface area contributed by atoms with Crippen molar-refractivity contribution in [2.24, 2.45) is 5.92 Å². The molecule has 8 nitrogen and oxygen atoms in total. The van der Waals surface area contributed by atoms with Crippen LogP contribution >= 0.6 is 11.3 Å². The standard InChI is InChI=1S/C27H35N3O5S/c1-17(2)8-13-35-21-7-5-6-20(16-21)23-22(24(31)26-18(3)28-19(4)36-26)25(32)27(33)30(23)10-9-29-11-14-34-15-12-29/h5-7,16-17,23,32H,8-15H2,1-4H3. The molecule has 1 N–H and O–H groups in total. The molecular formula is C27H35N3O5S. The van der Waals surface area contributed by atoms with E-state index < -0.39 is 17.7 Å². The SMILES string of the molecule is Cc1nc(C)c(C(=O)C2=C(O)C(=O)N(CCN3CCOCC3)C2c2cccc(OCCC(C)C)c2)s1. The predicted molar refractivity (Wildman–Crippen MR) is 139 cm³/mol. The van der Waals surface area contributed by atoms with Crippen molar-refractivity contribution in [1.82, 2.24) is 14.8 Å². The van der Waals surface area contributed by atoms with E-state index in [0.29, 0.717) is 55.1 Å². The summed E-state index contributed by atoms with van der Waals surface area (Å²) in [5.74, 6) is -0.164. The number of aliphatic hydroxyl groups excluding tert-OH is 1. The van der Waals surface area contributed by atoms with Gasteiger partial charge in [-0.3, -0.25) is 14.5 Å². The second-order valence-electron chi connectivity index (χ2n) is 9.70. The minimum absolute atomic E-state index is 0.105. The fraction of sp³-hybridized carbons (Fsp3) is 0.519. The van der Waals surface area contributed by atoms with E-state index in [2.05, 4.69) is 23.7 Å². The van der Waals surface area contributed by atoms with Crippen LogP contribution in [-0.2, 0) is 9.53 Å². The molecule has 36 heavy (non-hydrogen) atoms. The number of ether oxygens (including phenoxy) is 2. The van der Waals surface area contributed by atoms with Gasteiger partial charge in [-0.1, -0.05) is 26.0 Å².